The molecule has 0 bridgehead atoms. The molecular weight excluding hydrogens is 440 g/mol. The molecule has 4 rings (SSSR count). The lowest BCUT2D eigenvalue weighted by molar-refractivity contribution is 0.0526. The highest BCUT2D eigenvalue weighted by atomic mass is 32.1. The molecule has 1 aromatic carbocycles. The number of Topliss-reactive ketones (excluding diaryl/α,β-unsaturated/α-hetero) is 1. The van der Waals surface area contributed by atoms with Gasteiger partial charge in [0.05, 0.1) is 18.4 Å². The number of benzene rings is 1. The lowest BCUT2D eigenvalue weighted by Gasteiger charge is -2.20. The lowest BCUT2D eigenvalue weighted by atomic mass is 9.95. The summed E-state index contributed by atoms with van der Waals surface area (Å²) in [6.45, 7) is 3.95. The highest BCUT2D eigenvalue weighted by molar-refractivity contribution is 7.16. The van der Waals surface area contributed by atoms with Crippen molar-refractivity contribution in [1.29, 1.82) is 0 Å². The molecule has 0 aliphatic heterocycles. The van der Waals surface area contributed by atoms with E-state index in [2.05, 4.69) is 10.6 Å². The molecule has 1 amide bonds. The summed E-state index contributed by atoms with van der Waals surface area (Å²) in [5.74, 6) is -1.18. The zero-order chi connectivity index (χ0) is 23.4. The van der Waals surface area contributed by atoms with Crippen LogP contribution in [0.15, 0.2) is 47.1 Å². The van der Waals surface area contributed by atoms with Gasteiger partial charge in [-0.15, -0.1) is 11.3 Å². The summed E-state index contributed by atoms with van der Waals surface area (Å²) in [6.07, 6.45) is 4.01. The van der Waals surface area contributed by atoms with Crippen molar-refractivity contribution in [3.05, 3.63) is 75.6 Å². The lowest BCUT2D eigenvalue weighted by Crippen LogP contribution is -2.46. The molecule has 2 N–H and O–H groups in total. The van der Waals surface area contributed by atoms with Gasteiger partial charge < -0.3 is 19.8 Å². The van der Waals surface area contributed by atoms with Crippen molar-refractivity contribution < 1.29 is 23.5 Å². The van der Waals surface area contributed by atoms with Gasteiger partial charge in [0.2, 0.25) is 5.78 Å². The first-order chi connectivity index (χ1) is 16.0. The number of furan rings is 1. The number of rotatable bonds is 8. The second-order valence-corrected chi connectivity index (χ2v) is 9.00. The van der Waals surface area contributed by atoms with Gasteiger partial charge in [-0.2, -0.15) is 0 Å². The van der Waals surface area contributed by atoms with E-state index in [0.29, 0.717) is 16.1 Å². The van der Waals surface area contributed by atoms with E-state index in [9.17, 15) is 14.4 Å². The van der Waals surface area contributed by atoms with Crippen LogP contribution in [0.25, 0.3) is 0 Å². The Bertz CT molecular complexity index is 1150. The number of aryl methyl sites for hydroxylation is 2. The highest BCUT2D eigenvalue weighted by Gasteiger charge is 2.30. The summed E-state index contributed by atoms with van der Waals surface area (Å²) in [4.78, 5) is 40.1. The Labute approximate surface area is 196 Å². The number of ether oxygens (including phenoxy) is 1. The third kappa shape index (κ3) is 5.01. The Morgan fingerprint density at radius 1 is 1.12 bits per heavy atom. The Hall–Kier alpha value is -3.39. The summed E-state index contributed by atoms with van der Waals surface area (Å²) >= 11 is 1.45. The Morgan fingerprint density at radius 3 is 2.58 bits per heavy atom. The monoisotopic (exact) mass is 466 g/mol. The number of hydrogen-bond donors (Lipinski definition) is 2. The summed E-state index contributed by atoms with van der Waals surface area (Å²) < 4.78 is 10.5. The fraction of sp³-hybridized carbons (Fsp3) is 0.320. The second-order valence-electron chi connectivity index (χ2n) is 7.89. The van der Waals surface area contributed by atoms with Gasteiger partial charge in [-0.3, -0.25) is 9.59 Å². The quantitative estimate of drug-likeness (QED) is 0.282. The smallest absolute Gasteiger partial charge is 0.341 e. The average molecular weight is 467 g/mol. The largest absolute Gasteiger partial charge is 0.462 e. The molecule has 0 unspecified atom stereocenters. The molecule has 2 heterocycles. The van der Waals surface area contributed by atoms with Crippen LogP contribution in [0, 0.1) is 6.92 Å². The van der Waals surface area contributed by atoms with Crippen molar-refractivity contribution >= 4 is 34.0 Å². The number of esters is 1. The van der Waals surface area contributed by atoms with Gasteiger partial charge in [-0.1, -0.05) is 29.8 Å². The molecule has 2 aromatic heterocycles. The van der Waals surface area contributed by atoms with Crippen LogP contribution in [-0.2, 0) is 17.6 Å². The van der Waals surface area contributed by atoms with Crippen LogP contribution in [0.3, 0.4) is 0 Å². The van der Waals surface area contributed by atoms with Crippen molar-refractivity contribution in [2.24, 2.45) is 0 Å². The minimum Gasteiger partial charge on any atom is -0.462 e. The molecule has 1 aliphatic carbocycles. The van der Waals surface area contributed by atoms with E-state index < -0.39 is 18.0 Å². The SMILES string of the molecule is CCOC(=O)c1c(N[C@@H](NC(=O)c2ccco2)C(=O)c2ccc(C)cc2)sc2c1CCCC2. The number of ketones is 1. The minimum absolute atomic E-state index is 0.0922. The first-order valence-electron chi connectivity index (χ1n) is 11.0. The number of fused-ring (bicyclic) bond motifs is 1. The van der Waals surface area contributed by atoms with E-state index >= 15 is 0 Å². The van der Waals surface area contributed by atoms with Crippen molar-refractivity contribution in [1.82, 2.24) is 5.32 Å². The molecule has 0 saturated heterocycles. The van der Waals surface area contributed by atoms with Crippen LogP contribution in [0.5, 0.6) is 0 Å². The number of nitrogens with one attached hydrogen (secondary N) is 2. The van der Waals surface area contributed by atoms with Crippen LogP contribution in [0.4, 0.5) is 5.00 Å². The average Bonchev–Trinajstić information content (AvgIpc) is 3.47. The van der Waals surface area contributed by atoms with Gasteiger partial charge in [0.25, 0.3) is 5.91 Å². The van der Waals surface area contributed by atoms with E-state index in [1.807, 2.05) is 19.1 Å². The molecule has 7 nitrogen and oxygen atoms in total. The van der Waals surface area contributed by atoms with Crippen LogP contribution in [0.1, 0.15) is 67.0 Å². The zero-order valence-corrected chi connectivity index (χ0v) is 19.4. The maximum absolute atomic E-state index is 13.4. The van der Waals surface area contributed by atoms with Gasteiger partial charge in [0.15, 0.2) is 11.9 Å². The van der Waals surface area contributed by atoms with E-state index in [4.69, 9.17) is 9.15 Å². The van der Waals surface area contributed by atoms with Gasteiger partial charge in [0, 0.05) is 10.4 Å². The van der Waals surface area contributed by atoms with E-state index in [1.54, 1.807) is 25.1 Å². The molecule has 33 heavy (non-hydrogen) atoms. The van der Waals surface area contributed by atoms with E-state index in [-0.39, 0.29) is 18.2 Å². The number of thiophene rings is 1. The maximum atomic E-state index is 13.4. The van der Waals surface area contributed by atoms with Crippen molar-refractivity contribution in [3.8, 4) is 0 Å². The summed E-state index contributed by atoms with van der Waals surface area (Å²) in [5, 5.41) is 6.40. The van der Waals surface area contributed by atoms with Crippen LogP contribution in [-0.4, -0.2) is 30.4 Å². The number of hydrogen-bond acceptors (Lipinski definition) is 7. The third-order valence-corrected chi connectivity index (χ3v) is 6.77. The van der Waals surface area contributed by atoms with Crippen LogP contribution in [0.2, 0.25) is 0 Å². The topological polar surface area (TPSA) is 97.6 Å². The highest BCUT2D eigenvalue weighted by Crippen LogP contribution is 2.39. The first-order valence-corrected chi connectivity index (χ1v) is 11.8. The summed E-state index contributed by atoms with van der Waals surface area (Å²) in [7, 11) is 0. The molecule has 8 heteroatoms. The van der Waals surface area contributed by atoms with Crippen molar-refractivity contribution in [2.45, 2.75) is 45.7 Å². The van der Waals surface area contributed by atoms with Crippen molar-refractivity contribution in [2.75, 3.05) is 11.9 Å². The third-order valence-electron chi connectivity index (χ3n) is 5.54. The second kappa shape index (κ2) is 10.0. The Kier molecular flexibility index (Phi) is 6.93. The van der Waals surface area contributed by atoms with E-state index in [1.165, 1.54) is 23.7 Å². The first kappa shape index (κ1) is 22.8. The van der Waals surface area contributed by atoms with Gasteiger partial charge in [-0.05, 0) is 57.2 Å². The number of anilines is 1. The van der Waals surface area contributed by atoms with Gasteiger partial charge in [0.1, 0.15) is 5.00 Å². The molecule has 0 spiro atoms. The molecule has 0 fully saturated rings. The fourth-order valence-electron chi connectivity index (χ4n) is 3.88. The summed E-state index contributed by atoms with van der Waals surface area (Å²) in [6, 6.07) is 10.2. The molecule has 3 aromatic rings. The molecule has 0 radical (unpaired) electrons. The summed E-state index contributed by atoms with van der Waals surface area (Å²) in [5.41, 5.74) is 2.90. The number of amides is 1. The zero-order valence-electron chi connectivity index (χ0n) is 18.6. The molecule has 1 aliphatic rings. The molecule has 1 atom stereocenters. The normalized spacial score (nSPS) is 13.6. The van der Waals surface area contributed by atoms with Gasteiger partial charge in [-0.25, -0.2) is 4.79 Å². The standard InChI is InChI=1S/C25H26N2O5S/c1-3-31-25(30)20-17-7-4-5-9-19(17)33-24(20)27-22(26-23(29)18-8-6-14-32-18)21(28)16-12-10-15(2)11-13-16/h6,8,10-14,22,27H,3-5,7,9H2,1-2H3,(H,26,29)/t22-/m1/s1. The van der Waals surface area contributed by atoms with Crippen LogP contribution >= 0.6 is 11.3 Å². The predicted molar refractivity (Wildman–Crippen MR) is 126 cm³/mol. The number of carbonyl (C=O) groups is 3. The fourth-order valence-corrected chi connectivity index (χ4v) is 5.19. The number of carbonyl (C=O) groups excluding carboxylic acids is 3. The van der Waals surface area contributed by atoms with Crippen LogP contribution < -0.4 is 10.6 Å². The molecule has 172 valence electrons. The molecule has 0 saturated carbocycles. The van der Waals surface area contributed by atoms with Gasteiger partial charge >= 0.3 is 5.97 Å². The van der Waals surface area contributed by atoms with Crippen molar-refractivity contribution in [3.63, 3.8) is 0 Å². The molecular formula is C25H26N2O5S. The van der Waals surface area contributed by atoms with E-state index in [0.717, 1.165) is 41.7 Å². The maximum Gasteiger partial charge on any atom is 0.341 e. The predicted octanol–water partition coefficient (Wildman–Crippen LogP) is 4.76. The Morgan fingerprint density at radius 2 is 1.88 bits per heavy atom. The Balaban J connectivity index is 1.69. The minimum atomic E-state index is -1.10.